The molecule has 2 heterocycles. The van der Waals surface area contributed by atoms with Gasteiger partial charge in [0.15, 0.2) is 0 Å². The number of rotatable bonds is 4. The van der Waals surface area contributed by atoms with Gasteiger partial charge in [0.2, 0.25) is 0 Å². The zero-order valence-corrected chi connectivity index (χ0v) is 13.2. The molecule has 1 aromatic carbocycles. The molecular weight excluding hydrogens is 315 g/mol. The Morgan fingerprint density at radius 2 is 1.75 bits per heavy atom. The summed E-state index contributed by atoms with van der Waals surface area (Å²) in [5.74, 6) is -1.37. The first-order valence-electron chi connectivity index (χ1n) is 7.17. The molecule has 7 heteroatoms. The predicted molar refractivity (Wildman–Crippen MR) is 84.6 cm³/mol. The number of esters is 2. The molecule has 0 fully saturated rings. The molecule has 0 atom stereocenters. The van der Waals surface area contributed by atoms with Crippen LogP contribution in [-0.2, 0) is 20.8 Å². The van der Waals surface area contributed by atoms with Gasteiger partial charge in [0.1, 0.15) is 18.1 Å². The second kappa shape index (κ2) is 6.19. The highest BCUT2D eigenvalue weighted by atomic mass is 19.1. The molecule has 0 bridgehead atoms. The van der Waals surface area contributed by atoms with E-state index in [2.05, 4.69) is 4.74 Å². The van der Waals surface area contributed by atoms with Crippen molar-refractivity contribution < 1.29 is 23.5 Å². The molecule has 3 rings (SSSR count). The Hall–Kier alpha value is -3.09. The molecule has 0 saturated carbocycles. The van der Waals surface area contributed by atoms with Crippen molar-refractivity contribution in [2.24, 2.45) is 0 Å². The van der Waals surface area contributed by atoms with Crippen molar-refractivity contribution in [1.29, 1.82) is 0 Å². The SMILES string of the molecule is COC(=O)Cn1c(C(=O)OC)cc2c1ccn2-c1ccc(F)cc1. The van der Waals surface area contributed by atoms with Gasteiger partial charge in [0.05, 0.1) is 25.3 Å². The van der Waals surface area contributed by atoms with Crippen molar-refractivity contribution in [2.45, 2.75) is 6.54 Å². The first-order chi connectivity index (χ1) is 11.5. The standard InChI is InChI=1S/C17H15FN2O4/c1-23-16(21)10-20-13-7-8-19(12-5-3-11(18)4-6-12)14(13)9-15(20)17(22)24-2/h3-9H,10H2,1-2H3. The van der Waals surface area contributed by atoms with Crippen LogP contribution >= 0.6 is 0 Å². The fraction of sp³-hybridized carbons (Fsp3) is 0.176. The normalized spacial score (nSPS) is 10.8. The average Bonchev–Trinajstić information content (AvgIpc) is 3.15. The fourth-order valence-corrected chi connectivity index (χ4v) is 2.61. The number of ether oxygens (including phenoxy) is 2. The lowest BCUT2D eigenvalue weighted by atomic mass is 10.3. The van der Waals surface area contributed by atoms with Gasteiger partial charge in [-0.25, -0.2) is 9.18 Å². The van der Waals surface area contributed by atoms with Gasteiger partial charge in [-0.3, -0.25) is 4.79 Å². The minimum absolute atomic E-state index is 0.113. The van der Waals surface area contributed by atoms with Gasteiger partial charge < -0.3 is 18.6 Å². The Morgan fingerprint density at radius 1 is 1.04 bits per heavy atom. The van der Waals surface area contributed by atoms with Crippen LogP contribution in [-0.4, -0.2) is 35.3 Å². The van der Waals surface area contributed by atoms with Gasteiger partial charge in [-0.05, 0) is 36.4 Å². The van der Waals surface area contributed by atoms with E-state index in [0.717, 1.165) is 5.69 Å². The number of hydrogen-bond donors (Lipinski definition) is 0. The van der Waals surface area contributed by atoms with Crippen molar-refractivity contribution >= 4 is 23.0 Å². The lowest BCUT2D eigenvalue weighted by molar-refractivity contribution is -0.141. The van der Waals surface area contributed by atoms with Gasteiger partial charge >= 0.3 is 11.9 Å². The van der Waals surface area contributed by atoms with Crippen LogP contribution in [0.4, 0.5) is 4.39 Å². The highest BCUT2D eigenvalue weighted by molar-refractivity contribution is 5.96. The number of fused-ring (bicyclic) bond motifs is 1. The van der Waals surface area contributed by atoms with E-state index in [-0.39, 0.29) is 18.1 Å². The van der Waals surface area contributed by atoms with Gasteiger partial charge in [0, 0.05) is 11.9 Å². The lowest BCUT2D eigenvalue weighted by Gasteiger charge is -2.06. The summed E-state index contributed by atoms with van der Waals surface area (Å²) in [7, 11) is 2.56. The number of carbonyl (C=O) groups excluding carboxylic acids is 2. The summed E-state index contributed by atoms with van der Waals surface area (Å²) in [6, 6.07) is 9.37. The molecule has 24 heavy (non-hydrogen) atoms. The average molecular weight is 330 g/mol. The van der Waals surface area contributed by atoms with E-state index in [1.807, 2.05) is 0 Å². The number of halogens is 1. The number of carbonyl (C=O) groups is 2. The van der Waals surface area contributed by atoms with Crippen molar-refractivity contribution in [3.8, 4) is 5.69 Å². The summed E-state index contributed by atoms with van der Waals surface area (Å²) in [6.45, 7) is -0.113. The van der Waals surface area contributed by atoms with E-state index in [1.54, 1.807) is 35.0 Å². The van der Waals surface area contributed by atoms with Crippen LogP contribution in [0.25, 0.3) is 16.7 Å². The quantitative estimate of drug-likeness (QED) is 0.690. The summed E-state index contributed by atoms with van der Waals surface area (Å²) in [6.07, 6.45) is 1.78. The number of aromatic nitrogens is 2. The van der Waals surface area contributed by atoms with Crippen molar-refractivity contribution in [3.63, 3.8) is 0 Å². The summed E-state index contributed by atoms with van der Waals surface area (Å²) < 4.78 is 25.9. The number of benzene rings is 1. The van der Waals surface area contributed by atoms with Gasteiger partial charge in [0.25, 0.3) is 0 Å². The monoisotopic (exact) mass is 330 g/mol. The topological polar surface area (TPSA) is 62.5 Å². The maximum Gasteiger partial charge on any atom is 0.354 e. The van der Waals surface area contributed by atoms with Gasteiger partial charge in [-0.2, -0.15) is 0 Å². The smallest absolute Gasteiger partial charge is 0.354 e. The third-order valence-corrected chi connectivity index (χ3v) is 3.77. The van der Waals surface area contributed by atoms with Gasteiger partial charge in [-0.15, -0.1) is 0 Å². The Kier molecular flexibility index (Phi) is 4.07. The second-order valence-electron chi connectivity index (χ2n) is 5.12. The van der Waals surface area contributed by atoms with Crippen LogP contribution in [0.5, 0.6) is 0 Å². The molecule has 0 N–H and O–H groups in total. The first kappa shape index (κ1) is 15.8. The zero-order chi connectivity index (χ0) is 17.3. The first-order valence-corrected chi connectivity index (χ1v) is 7.17. The van der Waals surface area contributed by atoms with E-state index < -0.39 is 11.9 Å². The highest BCUT2D eigenvalue weighted by Gasteiger charge is 2.20. The number of hydrogen-bond acceptors (Lipinski definition) is 4. The number of nitrogens with zero attached hydrogens (tertiary/aromatic N) is 2. The molecule has 2 aromatic heterocycles. The molecule has 6 nitrogen and oxygen atoms in total. The summed E-state index contributed by atoms with van der Waals surface area (Å²) >= 11 is 0. The molecule has 0 amide bonds. The van der Waals surface area contributed by atoms with E-state index >= 15 is 0 Å². The fourth-order valence-electron chi connectivity index (χ4n) is 2.61. The third-order valence-electron chi connectivity index (χ3n) is 3.77. The Labute approximate surface area is 137 Å². The molecule has 0 aliphatic heterocycles. The van der Waals surface area contributed by atoms with Crippen molar-refractivity contribution in [1.82, 2.24) is 9.13 Å². The van der Waals surface area contributed by atoms with Crippen LogP contribution in [0.1, 0.15) is 10.5 Å². The van der Waals surface area contributed by atoms with Crippen LogP contribution < -0.4 is 0 Å². The molecule has 0 saturated heterocycles. The van der Waals surface area contributed by atoms with Crippen LogP contribution in [0, 0.1) is 5.82 Å². The van der Waals surface area contributed by atoms with Crippen LogP contribution in [0.15, 0.2) is 42.6 Å². The zero-order valence-electron chi connectivity index (χ0n) is 13.2. The van der Waals surface area contributed by atoms with E-state index in [4.69, 9.17) is 4.74 Å². The molecule has 0 aliphatic carbocycles. The summed E-state index contributed by atoms with van der Waals surface area (Å²) in [5, 5.41) is 0. The molecule has 0 unspecified atom stereocenters. The maximum absolute atomic E-state index is 13.1. The molecule has 124 valence electrons. The Balaban J connectivity index is 2.16. The Morgan fingerprint density at radius 3 is 2.38 bits per heavy atom. The molecular formula is C17H15FN2O4. The second-order valence-corrected chi connectivity index (χ2v) is 5.12. The minimum Gasteiger partial charge on any atom is -0.468 e. The maximum atomic E-state index is 13.1. The van der Waals surface area contributed by atoms with E-state index in [9.17, 15) is 14.0 Å². The predicted octanol–water partition coefficient (Wildman–Crippen LogP) is 2.53. The largest absolute Gasteiger partial charge is 0.468 e. The molecule has 0 aliphatic rings. The highest BCUT2D eigenvalue weighted by Crippen LogP contribution is 2.25. The van der Waals surface area contributed by atoms with Crippen molar-refractivity contribution in [3.05, 3.63) is 54.1 Å². The molecule has 3 aromatic rings. The van der Waals surface area contributed by atoms with Gasteiger partial charge in [-0.1, -0.05) is 0 Å². The Bertz CT molecular complexity index is 909. The lowest BCUT2D eigenvalue weighted by Crippen LogP contribution is -2.16. The summed E-state index contributed by atoms with van der Waals surface area (Å²) in [5.41, 5.74) is 2.35. The third kappa shape index (κ3) is 2.64. The minimum atomic E-state index is -0.555. The van der Waals surface area contributed by atoms with Crippen LogP contribution in [0.3, 0.4) is 0 Å². The molecule has 0 spiro atoms. The van der Waals surface area contributed by atoms with Crippen molar-refractivity contribution in [2.75, 3.05) is 14.2 Å². The van der Waals surface area contributed by atoms with E-state index in [1.165, 1.54) is 30.9 Å². The summed E-state index contributed by atoms with van der Waals surface area (Å²) in [4.78, 5) is 23.7. The van der Waals surface area contributed by atoms with E-state index in [0.29, 0.717) is 11.0 Å². The molecule has 0 radical (unpaired) electrons. The number of methoxy groups -OCH3 is 2. The van der Waals surface area contributed by atoms with Crippen LogP contribution in [0.2, 0.25) is 0 Å².